The zero-order valence-corrected chi connectivity index (χ0v) is 17.8. The van der Waals surface area contributed by atoms with E-state index < -0.39 is 19.2 Å². The van der Waals surface area contributed by atoms with E-state index in [9.17, 15) is 14.2 Å². The molecule has 154 valence electrons. The number of carbonyl (C=O) groups is 2. The second-order valence-electron chi connectivity index (χ2n) is 6.35. The molecule has 4 rings (SSSR count). The number of benzene rings is 1. The summed E-state index contributed by atoms with van der Waals surface area (Å²) in [4.78, 5) is 30.5. The normalized spacial score (nSPS) is 13.3. The summed E-state index contributed by atoms with van der Waals surface area (Å²) in [7, 11) is -4.04. The fourth-order valence-corrected chi connectivity index (χ4v) is 5.52. The lowest BCUT2D eigenvalue weighted by atomic mass is 9.92. The van der Waals surface area contributed by atoms with Gasteiger partial charge in [0.2, 0.25) is 11.6 Å². The molecule has 0 spiro atoms. The van der Waals surface area contributed by atoms with Crippen LogP contribution in [0.5, 0.6) is 0 Å². The standard InChI is InChI=1S/C21H17ClNO6P/c1-3-27-30(26,28-4-2)21-15-18(25)16-13(9-7-11-23-16)17(24)20(15)29-19(21)12-8-5-6-10-14(12)22/h5-11H,3-4H2,1-2H3. The van der Waals surface area contributed by atoms with Gasteiger partial charge in [-0.25, -0.2) is 0 Å². The number of aromatic nitrogens is 1. The second kappa shape index (κ2) is 7.93. The first-order valence-corrected chi connectivity index (χ1v) is 11.2. The highest BCUT2D eigenvalue weighted by atomic mass is 35.5. The Morgan fingerprint density at radius 1 is 0.967 bits per heavy atom. The summed E-state index contributed by atoms with van der Waals surface area (Å²) in [5.74, 6) is -1.35. The molecular formula is C21H17ClNO6P. The van der Waals surface area contributed by atoms with Crippen LogP contribution in [-0.2, 0) is 13.6 Å². The number of hydrogen-bond acceptors (Lipinski definition) is 7. The van der Waals surface area contributed by atoms with E-state index in [2.05, 4.69) is 4.98 Å². The summed E-state index contributed by atoms with van der Waals surface area (Å²) >= 11 is 6.35. The number of ketones is 2. The van der Waals surface area contributed by atoms with Gasteiger partial charge in [0.25, 0.3) is 0 Å². The van der Waals surface area contributed by atoms with Crippen LogP contribution in [0.4, 0.5) is 0 Å². The highest BCUT2D eigenvalue weighted by molar-refractivity contribution is 7.62. The Kier molecular flexibility index (Phi) is 5.47. The minimum Gasteiger partial charge on any atom is -0.451 e. The highest BCUT2D eigenvalue weighted by Gasteiger charge is 2.46. The molecule has 2 heterocycles. The molecule has 0 saturated carbocycles. The minimum atomic E-state index is -4.04. The quantitative estimate of drug-likeness (QED) is 0.398. The molecule has 7 nitrogen and oxygen atoms in total. The van der Waals surface area contributed by atoms with Crippen LogP contribution in [0, 0.1) is 0 Å². The molecule has 0 fully saturated rings. The Labute approximate surface area is 177 Å². The van der Waals surface area contributed by atoms with Crippen LogP contribution in [0.3, 0.4) is 0 Å². The van der Waals surface area contributed by atoms with Crippen molar-refractivity contribution in [1.82, 2.24) is 4.98 Å². The highest BCUT2D eigenvalue weighted by Crippen LogP contribution is 2.53. The molecule has 1 aliphatic carbocycles. The number of nitrogens with zero attached hydrogens (tertiary/aromatic N) is 1. The van der Waals surface area contributed by atoms with Crippen LogP contribution < -0.4 is 5.30 Å². The van der Waals surface area contributed by atoms with E-state index in [0.29, 0.717) is 10.6 Å². The SMILES string of the molecule is CCOP(=O)(OCC)c1c(-c2ccccc2Cl)oc2c1C(=O)c1ncccc1C2=O. The molecule has 0 N–H and O–H groups in total. The van der Waals surface area contributed by atoms with Gasteiger partial charge in [0.1, 0.15) is 11.0 Å². The second-order valence-corrected chi connectivity index (χ2v) is 8.72. The van der Waals surface area contributed by atoms with Crippen molar-refractivity contribution in [3.05, 3.63) is 70.2 Å². The largest absolute Gasteiger partial charge is 0.451 e. The predicted molar refractivity (Wildman–Crippen MR) is 111 cm³/mol. The zero-order valence-electron chi connectivity index (χ0n) is 16.2. The van der Waals surface area contributed by atoms with Gasteiger partial charge in [0.15, 0.2) is 11.5 Å². The van der Waals surface area contributed by atoms with E-state index in [1.807, 2.05) is 0 Å². The van der Waals surface area contributed by atoms with E-state index in [-0.39, 0.29) is 46.9 Å². The molecule has 1 aromatic carbocycles. The van der Waals surface area contributed by atoms with Gasteiger partial charge in [0.05, 0.1) is 29.4 Å². The predicted octanol–water partition coefficient (Wildman–Crippen LogP) is 4.66. The van der Waals surface area contributed by atoms with Crippen LogP contribution in [0.25, 0.3) is 11.3 Å². The van der Waals surface area contributed by atoms with Crippen LogP contribution in [-0.4, -0.2) is 29.8 Å². The van der Waals surface area contributed by atoms with Crippen molar-refractivity contribution in [2.75, 3.05) is 13.2 Å². The van der Waals surface area contributed by atoms with Gasteiger partial charge < -0.3 is 13.5 Å². The Balaban J connectivity index is 2.09. The van der Waals surface area contributed by atoms with Crippen molar-refractivity contribution in [3.8, 4) is 11.3 Å². The Hall–Kier alpha value is -2.57. The topological polar surface area (TPSA) is 95.7 Å². The average Bonchev–Trinajstić information content (AvgIpc) is 3.14. The number of halogens is 1. The van der Waals surface area contributed by atoms with Gasteiger partial charge in [0, 0.05) is 11.8 Å². The number of carbonyl (C=O) groups excluding carboxylic acids is 2. The Bertz CT molecular complexity index is 1210. The van der Waals surface area contributed by atoms with E-state index in [4.69, 9.17) is 25.1 Å². The molecule has 30 heavy (non-hydrogen) atoms. The van der Waals surface area contributed by atoms with Gasteiger partial charge >= 0.3 is 7.60 Å². The first-order valence-electron chi connectivity index (χ1n) is 9.28. The summed E-state index contributed by atoms with van der Waals surface area (Å²) in [5, 5.41) is 0.184. The molecule has 2 aromatic heterocycles. The van der Waals surface area contributed by atoms with Gasteiger partial charge in [-0.2, -0.15) is 0 Å². The summed E-state index contributed by atoms with van der Waals surface area (Å²) < 4.78 is 30.7. The van der Waals surface area contributed by atoms with Crippen LogP contribution >= 0.6 is 19.2 Å². The first-order chi connectivity index (χ1) is 14.4. The minimum absolute atomic E-state index is 0.00494. The third-order valence-corrected chi connectivity index (χ3v) is 7.07. The molecule has 9 heteroatoms. The Morgan fingerprint density at radius 3 is 2.30 bits per heavy atom. The first kappa shape index (κ1) is 20.7. The lowest BCUT2D eigenvalue weighted by Crippen LogP contribution is -2.27. The monoisotopic (exact) mass is 445 g/mol. The van der Waals surface area contributed by atoms with Gasteiger partial charge in [-0.15, -0.1) is 0 Å². The molecule has 1 aliphatic rings. The number of rotatable bonds is 6. The summed E-state index contributed by atoms with van der Waals surface area (Å²) in [6.45, 7) is 3.40. The maximum Gasteiger partial charge on any atom is 0.366 e. The lowest BCUT2D eigenvalue weighted by Gasteiger charge is -2.19. The molecule has 0 aliphatic heterocycles. The van der Waals surface area contributed by atoms with Crippen molar-refractivity contribution in [2.24, 2.45) is 0 Å². The van der Waals surface area contributed by atoms with Crippen molar-refractivity contribution in [1.29, 1.82) is 0 Å². The van der Waals surface area contributed by atoms with Crippen molar-refractivity contribution in [3.63, 3.8) is 0 Å². The van der Waals surface area contributed by atoms with Crippen LogP contribution in [0.1, 0.15) is 46.0 Å². The van der Waals surface area contributed by atoms with Crippen LogP contribution in [0.15, 0.2) is 47.0 Å². The number of pyridine rings is 1. The zero-order chi connectivity index (χ0) is 21.5. The number of fused-ring (bicyclic) bond motifs is 2. The van der Waals surface area contributed by atoms with E-state index in [0.717, 1.165) is 0 Å². The number of hydrogen-bond donors (Lipinski definition) is 0. The third-order valence-electron chi connectivity index (χ3n) is 4.57. The molecule has 0 saturated heterocycles. The smallest absolute Gasteiger partial charge is 0.366 e. The average molecular weight is 446 g/mol. The molecule has 0 unspecified atom stereocenters. The van der Waals surface area contributed by atoms with Gasteiger partial charge in [-0.1, -0.05) is 23.7 Å². The fourth-order valence-electron chi connectivity index (χ4n) is 3.40. The maximum absolute atomic E-state index is 13.8. The molecule has 0 atom stereocenters. The summed E-state index contributed by atoms with van der Waals surface area (Å²) in [6.07, 6.45) is 1.41. The van der Waals surface area contributed by atoms with Crippen LogP contribution in [0.2, 0.25) is 5.02 Å². The fraction of sp³-hybridized carbons (Fsp3) is 0.190. The summed E-state index contributed by atoms with van der Waals surface area (Å²) in [5.41, 5.74) is 0.276. The molecular weight excluding hydrogens is 429 g/mol. The molecule has 3 aromatic rings. The van der Waals surface area contributed by atoms with E-state index in [1.54, 1.807) is 44.2 Å². The van der Waals surface area contributed by atoms with Crippen molar-refractivity contribution < 1.29 is 27.6 Å². The lowest BCUT2D eigenvalue weighted by molar-refractivity contribution is 0.0957. The Morgan fingerprint density at radius 2 is 1.63 bits per heavy atom. The van der Waals surface area contributed by atoms with E-state index >= 15 is 0 Å². The van der Waals surface area contributed by atoms with Gasteiger partial charge in [-0.3, -0.25) is 19.1 Å². The molecule has 0 radical (unpaired) electrons. The van der Waals surface area contributed by atoms with Crippen molar-refractivity contribution in [2.45, 2.75) is 13.8 Å². The van der Waals surface area contributed by atoms with Gasteiger partial charge in [-0.05, 0) is 38.1 Å². The van der Waals surface area contributed by atoms with Crippen molar-refractivity contribution >= 4 is 36.1 Å². The maximum atomic E-state index is 13.8. The molecule has 0 amide bonds. The van der Waals surface area contributed by atoms with E-state index in [1.165, 1.54) is 12.3 Å². The number of furan rings is 1. The third kappa shape index (κ3) is 3.15. The molecule has 0 bridgehead atoms. The summed E-state index contributed by atoms with van der Waals surface area (Å²) in [6, 6.07) is 9.73.